The molecule has 1 aliphatic rings. The lowest BCUT2D eigenvalue weighted by molar-refractivity contribution is 0.0779. The van der Waals surface area contributed by atoms with Gasteiger partial charge in [-0.05, 0) is 30.2 Å². The highest BCUT2D eigenvalue weighted by Gasteiger charge is 2.32. The Bertz CT molecular complexity index is 1040. The fourth-order valence-electron chi connectivity index (χ4n) is 3.18. The molecular formula is C19H15NO5. The number of phenolic OH excluding ortho intramolecular Hbond substituents is 2. The van der Waals surface area contributed by atoms with Gasteiger partial charge in [-0.25, -0.2) is 4.79 Å². The van der Waals surface area contributed by atoms with Gasteiger partial charge in [0.25, 0.3) is 5.91 Å². The highest BCUT2D eigenvalue weighted by atomic mass is 16.4. The van der Waals surface area contributed by atoms with Gasteiger partial charge >= 0.3 is 5.63 Å². The van der Waals surface area contributed by atoms with Crippen molar-refractivity contribution in [3.05, 3.63) is 69.8 Å². The minimum Gasteiger partial charge on any atom is -0.508 e. The Balaban J connectivity index is 1.65. The molecule has 1 aliphatic heterocycles. The molecule has 0 saturated heterocycles. The van der Waals surface area contributed by atoms with Crippen molar-refractivity contribution >= 4 is 16.7 Å². The van der Waals surface area contributed by atoms with E-state index in [1.165, 1.54) is 6.07 Å². The molecule has 1 amide bonds. The first-order valence-corrected chi connectivity index (χ1v) is 7.89. The number of amides is 1. The van der Waals surface area contributed by atoms with Crippen molar-refractivity contribution < 1.29 is 19.4 Å². The Labute approximate surface area is 142 Å². The van der Waals surface area contributed by atoms with Crippen LogP contribution in [0.3, 0.4) is 0 Å². The number of hydrogen-bond donors (Lipinski definition) is 2. The summed E-state index contributed by atoms with van der Waals surface area (Å²) in [5.74, 6) is 0.123. The van der Waals surface area contributed by atoms with Crippen LogP contribution in [0.15, 0.2) is 51.7 Å². The maximum Gasteiger partial charge on any atom is 0.347 e. The largest absolute Gasteiger partial charge is 0.508 e. The first-order chi connectivity index (χ1) is 12.0. The number of carbonyl (C=O) groups is 1. The van der Waals surface area contributed by atoms with Crippen molar-refractivity contribution in [2.75, 3.05) is 6.54 Å². The van der Waals surface area contributed by atoms with Gasteiger partial charge in [-0.15, -0.1) is 0 Å². The van der Waals surface area contributed by atoms with Crippen molar-refractivity contribution in [2.24, 2.45) is 0 Å². The predicted molar refractivity (Wildman–Crippen MR) is 90.7 cm³/mol. The Morgan fingerprint density at radius 1 is 1.04 bits per heavy atom. The number of phenols is 2. The molecule has 0 spiro atoms. The summed E-state index contributed by atoms with van der Waals surface area (Å²) in [5, 5.41) is 19.7. The van der Waals surface area contributed by atoms with Crippen LogP contribution in [0.25, 0.3) is 10.8 Å². The van der Waals surface area contributed by atoms with Gasteiger partial charge < -0.3 is 19.5 Å². The molecule has 6 nitrogen and oxygen atoms in total. The third-order valence-electron chi connectivity index (χ3n) is 4.45. The topological polar surface area (TPSA) is 91.0 Å². The van der Waals surface area contributed by atoms with Gasteiger partial charge in [-0.2, -0.15) is 0 Å². The van der Waals surface area contributed by atoms with E-state index >= 15 is 0 Å². The van der Waals surface area contributed by atoms with Gasteiger partial charge in [0.15, 0.2) is 0 Å². The smallest absolute Gasteiger partial charge is 0.347 e. The zero-order valence-electron chi connectivity index (χ0n) is 13.2. The average Bonchev–Trinajstić information content (AvgIpc) is 2.90. The van der Waals surface area contributed by atoms with E-state index in [2.05, 4.69) is 0 Å². The molecule has 126 valence electrons. The molecule has 0 radical (unpaired) electrons. The molecular weight excluding hydrogens is 322 g/mol. The lowest BCUT2D eigenvalue weighted by Gasteiger charge is -2.14. The summed E-state index contributed by atoms with van der Waals surface area (Å²) in [6, 6.07) is 11.5. The van der Waals surface area contributed by atoms with E-state index in [9.17, 15) is 19.8 Å². The molecule has 2 N–H and O–H groups in total. The van der Waals surface area contributed by atoms with Crippen molar-refractivity contribution in [2.45, 2.75) is 13.0 Å². The van der Waals surface area contributed by atoms with Crippen LogP contribution in [0.4, 0.5) is 0 Å². The number of benzene rings is 2. The lowest BCUT2D eigenvalue weighted by atomic mass is 10.1. The second-order valence-electron chi connectivity index (χ2n) is 6.03. The van der Waals surface area contributed by atoms with Gasteiger partial charge in [0, 0.05) is 11.9 Å². The molecule has 6 heteroatoms. The van der Waals surface area contributed by atoms with Crippen LogP contribution in [0.5, 0.6) is 11.5 Å². The Morgan fingerprint density at radius 3 is 2.56 bits per heavy atom. The number of rotatable bonds is 3. The van der Waals surface area contributed by atoms with E-state index in [0.717, 1.165) is 5.56 Å². The number of nitrogens with zero attached hydrogens (tertiary/aromatic N) is 1. The summed E-state index contributed by atoms with van der Waals surface area (Å²) in [5.41, 5.74) is 0.696. The molecule has 1 aromatic heterocycles. The Morgan fingerprint density at radius 2 is 1.80 bits per heavy atom. The summed E-state index contributed by atoms with van der Waals surface area (Å²) in [7, 11) is 0. The Kier molecular flexibility index (Phi) is 3.46. The van der Waals surface area contributed by atoms with Crippen LogP contribution in [-0.2, 0) is 13.0 Å². The minimum absolute atomic E-state index is 0.0370. The van der Waals surface area contributed by atoms with E-state index in [4.69, 9.17) is 4.42 Å². The fraction of sp³-hybridized carbons (Fsp3) is 0.158. The molecule has 25 heavy (non-hydrogen) atoms. The van der Waals surface area contributed by atoms with E-state index < -0.39 is 5.63 Å². The highest BCUT2D eigenvalue weighted by Crippen LogP contribution is 2.31. The summed E-state index contributed by atoms with van der Waals surface area (Å²) in [6.07, 6.45) is 0.618. The second kappa shape index (κ2) is 5.66. The summed E-state index contributed by atoms with van der Waals surface area (Å²) in [4.78, 5) is 26.5. The molecule has 0 bridgehead atoms. The van der Waals surface area contributed by atoms with Crippen LogP contribution >= 0.6 is 0 Å². The number of aromatic hydroxyl groups is 2. The lowest BCUT2D eigenvalue weighted by Crippen LogP contribution is -2.26. The second-order valence-corrected chi connectivity index (χ2v) is 6.03. The molecule has 3 aromatic rings. The summed E-state index contributed by atoms with van der Waals surface area (Å²) < 4.78 is 5.27. The molecule has 0 atom stereocenters. The Hall–Kier alpha value is -3.28. The minimum atomic E-state index is -0.639. The molecule has 2 heterocycles. The van der Waals surface area contributed by atoms with E-state index in [0.29, 0.717) is 29.7 Å². The predicted octanol–water partition coefficient (Wildman–Crippen LogP) is 2.40. The van der Waals surface area contributed by atoms with Crippen molar-refractivity contribution in [1.82, 2.24) is 4.90 Å². The molecule has 0 aliphatic carbocycles. The maximum absolute atomic E-state index is 12.8. The third kappa shape index (κ3) is 2.52. The van der Waals surface area contributed by atoms with Gasteiger partial charge in [0.1, 0.15) is 22.6 Å². The number of carbonyl (C=O) groups excluding carboxylic acids is 1. The number of fused-ring (bicyclic) bond motifs is 3. The van der Waals surface area contributed by atoms with Gasteiger partial charge in [-0.3, -0.25) is 4.79 Å². The SMILES string of the molecule is O=C1c2c(oc(=O)c3c(O)cccc23)CN1CCc1ccc(O)cc1. The summed E-state index contributed by atoms with van der Waals surface area (Å²) in [6.45, 7) is 0.690. The molecule has 0 fully saturated rings. The quantitative estimate of drug-likeness (QED) is 0.766. The normalized spacial score (nSPS) is 13.4. The van der Waals surface area contributed by atoms with Crippen molar-refractivity contribution in [3.8, 4) is 11.5 Å². The third-order valence-corrected chi connectivity index (χ3v) is 4.45. The van der Waals surface area contributed by atoms with Crippen LogP contribution in [0.1, 0.15) is 21.7 Å². The zero-order chi connectivity index (χ0) is 17.6. The van der Waals surface area contributed by atoms with Crippen LogP contribution in [0, 0.1) is 0 Å². The first kappa shape index (κ1) is 15.3. The maximum atomic E-state index is 12.8. The zero-order valence-corrected chi connectivity index (χ0v) is 13.2. The van der Waals surface area contributed by atoms with Gasteiger partial charge in [0.2, 0.25) is 0 Å². The van der Waals surface area contributed by atoms with E-state index in [1.807, 2.05) is 0 Å². The standard InChI is InChI=1S/C19H15NO5/c21-12-6-4-11(5-7-12)8-9-20-10-15-17(18(20)23)13-2-1-3-14(22)16(13)19(24)25-15/h1-7,21-22H,8-10H2. The van der Waals surface area contributed by atoms with Gasteiger partial charge in [-0.1, -0.05) is 24.3 Å². The highest BCUT2D eigenvalue weighted by molar-refractivity contribution is 6.10. The van der Waals surface area contributed by atoms with E-state index in [-0.39, 0.29) is 29.3 Å². The van der Waals surface area contributed by atoms with Crippen LogP contribution in [-0.4, -0.2) is 27.6 Å². The van der Waals surface area contributed by atoms with Crippen molar-refractivity contribution in [3.63, 3.8) is 0 Å². The first-order valence-electron chi connectivity index (χ1n) is 7.89. The van der Waals surface area contributed by atoms with Crippen LogP contribution < -0.4 is 5.63 Å². The molecule has 4 rings (SSSR count). The summed E-state index contributed by atoms with van der Waals surface area (Å²) >= 11 is 0. The molecule has 0 saturated carbocycles. The van der Waals surface area contributed by atoms with Gasteiger partial charge in [0.05, 0.1) is 12.1 Å². The molecule has 0 unspecified atom stereocenters. The average molecular weight is 337 g/mol. The fourth-order valence-corrected chi connectivity index (χ4v) is 3.18. The van der Waals surface area contributed by atoms with Crippen LogP contribution in [0.2, 0.25) is 0 Å². The van der Waals surface area contributed by atoms with Crippen molar-refractivity contribution in [1.29, 1.82) is 0 Å². The number of hydrogen-bond acceptors (Lipinski definition) is 5. The monoisotopic (exact) mass is 337 g/mol. The van der Waals surface area contributed by atoms with E-state index in [1.54, 1.807) is 41.3 Å². The molecule has 2 aromatic carbocycles.